The smallest absolute Gasteiger partial charge is 0.283 e. The Morgan fingerprint density at radius 1 is 1.41 bits per heavy atom. The molecule has 0 N–H and O–H groups in total. The zero-order valence-electron chi connectivity index (χ0n) is 14.2. The highest BCUT2D eigenvalue weighted by Crippen LogP contribution is 2.25. The zero-order valence-corrected chi connectivity index (χ0v) is 15.8. The van der Waals surface area contributed by atoms with Gasteiger partial charge in [-0.05, 0) is 24.3 Å². The number of hydrogen-bond acceptors (Lipinski definition) is 5. The number of nitro benzene ring substituents is 1. The Bertz CT molecular complexity index is 1130. The van der Waals surface area contributed by atoms with Gasteiger partial charge in [0.1, 0.15) is 5.75 Å². The van der Waals surface area contributed by atoms with Crippen molar-refractivity contribution in [2.24, 2.45) is 4.99 Å². The van der Waals surface area contributed by atoms with Gasteiger partial charge in [-0.3, -0.25) is 14.9 Å². The monoisotopic (exact) mass is 403 g/mol. The molecular formula is C18H14ClN3O4S. The number of allylic oxidation sites excluding steroid dienone is 1. The van der Waals surface area contributed by atoms with E-state index in [0.717, 1.165) is 5.52 Å². The van der Waals surface area contributed by atoms with Gasteiger partial charge in [0.15, 0.2) is 4.80 Å². The number of halogens is 1. The van der Waals surface area contributed by atoms with Crippen LogP contribution >= 0.6 is 22.9 Å². The van der Waals surface area contributed by atoms with Gasteiger partial charge < -0.3 is 9.30 Å². The second-order valence-electron chi connectivity index (χ2n) is 5.45. The number of nitrogens with zero attached hydrogens (tertiary/aromatic N) is 3. The molecule has 1 amide bonds. The number of nitro groups is 1. The molecule has 3 rings (SSSR count). The molecule has 0 atom stereocenters. The summed E-state index contributed by atoms with van der Waals surface area (Å²) >= 11 is 7.17. The standard InChI is InChI=1S/C18H14ClN3O4S/c1-3-8-21-14-6-5-12(22(24)25)10-16(14)27-18(21)20-17(23)13-9-11(19)4-7-15(13)26-2/h3-7,9-10H,1,8H2,2H3. The molecule has 1 aromatic heterocycles. The molecule has 0 aliphatic rings. The summed E-state index contributed by atoms with van der Waals surface area (Å²) in [6, 6.07) is 9.22. The van der Waals surface area contributed by atoms with Crippen LogP contribution in [0.2, 0.25) is 5.02 Å². The Hall–Kier alpha value is -2.97. The molecule has 0 aliphatic heterocycles. The molecule has 0 aliphatic carbocycles. The van der Waals surface area contributed by atoms with Gasteiger partial charge in [-0.15, -0.1) is 6.58 Å². The molecule has 0 unspecified atom stereocenters. The topological polar surface area (TPSA) is 86.7 Å². The normalized spacial score (nSPS) is 11.6. The highest BCUT2D eigenvalue weighted by molar-refractivity contribution is 7.16. The van der Waals surface area contributed by atoms with E-state index in [1.54, 1.807) is 28.8 Å². The Morgan fingerprint density at radius 2 is 2.19 bits per heavy atom. The van der Waals surface area contributed by atoms with Crippen LogP contribution in [0.25, 0.3) is 10.2 Å². The summed E-state index contributed by atoms with van der Waals surface area (Å²) in [5.41, 5.74) is 0.942. The van der Waals surface area contributed by atoms with E-state index in [1.165, 1.54) is 36.6 Å². The number of aromatic nitrogens is 1. The maximum atomic E-state index is 12.7. The molecule has 3 aromatic rings. The van der Waals surface area contributed by atoms with Crippen LogP contribution in [-0.2, 0) is 6.54 Å². The molecule has 0 saturated heterocycles. The zero-order chi connectivity index (χ0) is 19.6. The number of ether oxygens (including phenoxy) is 1. The number of hydrogen-bond donors (Lipinski definition) is 0. The van der Waals surface area contributed by atoms with E-state index in [2.05, 4.69) is 11.6 Å². The van der Waals surface area contributed by atoms with Crippen molar-refractivity contribution in [3.63, 3.8) is 0 Å². The van der Waals surface area contributed by atoms with E-state index >= 15 is 0 Å². The van der Waals surface area contributed by atoms with Crippen molar-refractivity contribution < 1.29 is 14.5 Å². The molecule has 0 saturated carbocycles. The molecule has 9 heteroatoms. The van der Waals surface area contributed by atoms with Crippen molar-refractivity contribution in [1.29, 1.82) is 0 Å². The Kier molecular flexibility index (Phi) is 5.38. The third kappa shape index (κ3) is 3.76. The highest BCUT2D eigenvalue weighted by atomic mass is 35.5. The molecule has 7 nitrogen and oxygen atoms in total. The lowest BCUT2D eigenvalue weighted by Crippen LogP contribution is -2.16. The van der Waals surface area contributed by atoms with Gasteiger partial charge in [-0.1, -0.05) is 29.0 Å². The van der Waals surface area contributed by atoms with Crippen LogP contribution in [0.15, 0.2) is 54.0 Å². The first kappa shape index (κ1) is 18.8. The first-order valence-electron chi connectivity index (χ1n) is 7.76. The average Bonchev–Trinajstić information content (AvgIpc) is 2.98. The number of methoxy groups -OCH3 is 1. The van der Waals surface area contributed by atoms with Crippen molar-refractivity contribution in [3.8, 4) is 5.75 Å². The van der Waals surface area contributed by atoms with Gasteiger partial charge in [0.05, 0.1) is 27.8 Å². The van der Waals surface area contributed by atoms with Crippen LogP contribution in [0.5, 0.6) is 5.75 Å². The fourth-order valence-electron chi connectivity index (χ4n) is 2.56. The van der Waals surface area contributed by atoms with Gasteiger partial charge in [0.25, 0.3) is 11.6 Å². The van der Waals surface area contributed by atoms with Gasteiger partial charge in [-0.2, -0.15) is 4.99 Å². The van der Waals surface area contributed by atoms with Crippen LogP contribution in [0.4, 0.5) is 5.69 Å². The number of amides is 1. The minimum Gasteiger partial charge on any atom is -0.496 e. The minimum absolute atomic E-state index is 0.0242. The molecule has 0 spiro atoms. The van der Waals surface area contributed by atoms with E-state index < -0.39 is 10.8 Å². The fourth-order valence-corrected chi connectivity index (χ4v) is 3.80. The van der Waals surface area contributed by atoms with Crippen molar-refractivity contribution in [2.75, 3.05) is 7.11 Å². The van der Waals surface area contributed by atoms with Gasteiger partial charge >= 0.3 is 0 Å². The summed E-state index contributed by atoms with van der Waals surface area (Å²) in [6.07, 6.45) is 1.66. The third-order valence-electron chi connectivity index (χ3n) is 3.78. The number of rotatable bonds is 5. The highest BCUT2D eigenvalue weighted by Gasteiger charge is 2.15. The molecule has 2 aromatic carbocycles. The Balaban J connectivity index is 2.18. The number of carbonyl (C=O) groups is 1. The van der Waals surface area contributed by atoms with E-state index in [-0.39, 0.29) is 11.3 Å². The van der Waals surface area contributed by atoms with Crippen LogP contribution in [-0.4, -0.2) is 22.5 Å². The lowest BCUT2D eigenvalue weighted by atomic mass is 10.2. The lowest BCUT2D eigenvalue weighted by Gasteiger charge is -2.05. The second kappa shape index (κ2) is 7.73. The summed E-state index contributed by atoms with van der Waals surface area (Å²) in [4.78, 5) is 27.9. The molecule has 0 radical (unpaired) electrons. The van der Waals surface area contributed by atoms with Crippen LogP contribution in [0, 0.1) is 10.1 Å². The second-order valence-corrected chi connectivity index (χ2v) is 6.90. The summed E-state index contributed by atoms with van der Waals surface area (Å²) in [7, 11) is 1.45. The first-order chi connectivity index (χ1) is 12.9. The van der Waals surface area contributed by atoms with E-state index in [0.29, 0.717) is 26.8 Å². The lowest BCUT2D eigenvalue weighted by molar-refractivity contribution is -0.384. The van der Waals surface area contributed by atoms with Crippen LogP contribution in [0.3, 0.4) is 0 Å². The molecule has 0 bridgehead atoms. The number of thiazole rings is 1. The number of carbonyl (C=O) groups excluding carboxylic acids is 1. The summed E-state index contributed by atoms with van der Waals surface area (Å²) in [6.45, 7) is 4.12. The van der Waals surface area contributed by atoms with E-state index in [1.807, 2.05) is 0 Å². The Labute approximate surface area is 163 Å². The molecular weight excluding hydrogens is 390 g/mol. The predicted molar refractivity (Wildman–Crippen MR) is 105 cm³/mol. The Morgan fingerprint density at radius 3 is 2.85 bits per heavy atom. The summed E-state index contributed by atoms with van der Waals surface area (Å²) < 4.78 is 7.62. The van der Waals surface area contributed by atoms with Crippen LogP contribution in [0.1, 0.15) is 10.4 Å². The fraction of sp³-hybridized carbons (Fsp3) is 0.111. The van der Waals surface area contributed by atoms with E-state index in [9.17, 15) is 14.9 Å². The van der Waals surface area contributed by atoms with Crippen molar-refractivity contribution in [2.45, 2.75) is 6.54 Å². The summed E-state index contributed by atoms with van der Waals surface area (Å²) in [5.74, 6) is -0.159. The first-order valence-corrected chi connectivity index (χ1v) is 8.95. The SMILES string of the molecule is C=CCn1c(=NC(=O)c2cc(Cl)ccc2OC)sc2cc([N+](=O)[O-])ccc21. The number of benzene rings is 2. The number of non-ortho nitro benzene ring substituents is 1. The van der Waals surface area contributed by atoms with Gasteiger partial charge in [0, 0.05) is 23.7 Å². The van der Waals surface area contributed by atoms with Crippen molar-refractivity contribution >= 4 is 44.7 Å². The number of fused-ring (bicyclic) bond motifs is 1. The predicted octanol–water partition coefficient (Wildman–Crippen LogP) is 4.20. The average molecular weight is 404 g/mol. The van der Waals surface area contributed by atoms with Crippen molar-refractivity contribution in [3.05, 3.63) is 74.6 Å². The largest absolute Gasteiger partial charge is 0.496 e. The quantitative estimate of drug-likeness (QED) is 0.363. The van der Waals surface area contributed by atoms with E-state index in [4.69, 9.17) is 16.3 Å². The third-order valence-corrected chi connectivity index (χ3v) is 5.05. The maximum Gasteiger partial charge on any atom is 0.283 e. The van der Waals surface area contributed by atoms with Crippen molar-refractivity contribution in [1.82, 2.24) is 4.57 Å². The summed E-state index contributed by atoms with van der Waals surface area (Å²) in [5, 5.41) is 11.4. The molecule has 138 valence electrons. The minimum atomic E-state index is -0.520. The molecule has 27 heavy (non-hydrogen) atoms. The molecule has 0 fully saturated rings. The van der Waals surface area contributed by atoms with Crippen LogP contribution < -0.4 is 9.54 Å². The van der Waals surface area contributed by atoms with Gasteiger partial charge in [-0.25, -0.2) is 0 Å². The molecule has 1 heterocycles. The maximum absolute atomic E-state index is 12.7. The van der Waals surface area contributed by atoms with Gasteiger partial charge in [0.2, 0.25) is 0 Å².